The molecule has 1 aromatic rings. The van der Waals surface area contributed by atoms with Crippen LogP contribution in [0.2, 0.25) is 0 Å². The molecular formula is C12H15BrClF2NO2. The number of carbonyl (C=O) groups excluding carboxylic acids is 1. The minimum Gasteiger partial charge on any atom is -0.469 e. The molecule has 0 fully saturated rings. The Labute approximate surface area is 125 Å². The summed E-state index contributed by atoms with van der Waals surface area (Å²) in [5, 5.41) is 0. The Balaban J connectivity index is 0.00000324. The summed E-state index contributed by atoms with van der Waals surface area (Å²) in [4.78, 5) is 11.6. The van der Waals surface area contributed by atoms with Crippen LogP contribution in [0.5, 0.6) is 0 Å². The number of benzene rings is 1. The fraction of sp³-hybridized carbons (Fsp3) is 0.417. The van der Waals surface area contributed by atoms with Gasteiger partial charge in [0.25, 0.3) is 0 Å². The third-order valence-corrected chi connectivity index (χ3v) is 3.49. The van der Waals surface area contributed by atoms with Crippen molar-refractivity contribution < 1.29 is 18.3 Å². The summed E-state index contributed by atoms with van der Waals surface area (Å²) in [6, 6.07) is 1.18. The summed E-state index contributed by atoms with van der Waals surface area (Å²) in [5.74, 6) is -2.23. The van der Waals surface area contributed by atoms with Gasteiger partial charge in [0, 0.05) is 5.56 Å². The Morgan fingerprint density at radius 3 is 2.42 bits per heavy atom. The first-order valence-electron chi connectivity index (χ1n) is 5.20. The second-order valence-electron chi connectivity index (χ2n) is 4.45. The van der Waals surface area contributed by atoms with E-state index in [1.165, 1.54) is 27.0 Å². The molecule has 108 valence electrons. The fourth-order valence-corrected chi connectivity index (χ4v) is 1.92. The van der Waals surface area contributed by atoms with E-state index in [1.54, 1.807) is 0 Å². The van der Waals surface area contributed by atoms with E-state index in [1.807, 2.05) is 0 Å². The molecule has 2 N–H and O–H groups in total. The zero-order valence-electron chi connectivity index (χ0n) is 10.7. The Morgan fingerprint density at radius 1 is 1.42 bits per heavy atom. The highest BCUT2D eigenvalue weighted by Crippen LogP contribution is 2.36. The molecule has 7 heteroatoms. The highest BCUT2D eigenvalue weighted by molar-refractivity contribution is 9.10. The smallest absolute Gasteiger partial charge is 0.313 e. The molecule has 1 rings (SSSR count). The molecule has 0 amide bonds. The largest absolute Gasteiger partial charge is 0.469 e. The Kier molecular flexibility index (Phi) is 6.38. The van der Waals surface area contributed by atoms with Crippen LogP contribution < -0.4 is 5.73 Å². The number of carbonyl (C=O) groups is 1. The normalized spacial score (nSPS) is 12.6. The number of esters is 1. The first kappa shape index (κ1) is 18.3. The zero-order chi connectivity index (χ0) is 14.1. The fourth-order valence-electron chi connectivity index (χ4n) is 1.58. The Hall–Kier alpha value is -0.720. The number of methoxy groups -OCH3 is 1. The van der Waals surface area contributed by atoms with Gasteiger partial charge < -0.3 is 10.5 Å². The molecule has 0 saturated heterocycles. The summed E-state index contributed by atoms with van der Waals surface area (Å²) < 4.78 is 32.3. The Morgan fingerprint density at radius 2 is 1.95 bits per heavy atom. The van der Waals surface area contributed by atoms with Crippen molar-refractivity contribution in [2.75, 3.05) is 7.11 Å². The van der Waals surface area contributed by atoms with Crippen molar-refractivity contribution in [2.45, 2.75) is 19.9 Å². The highest BCUT2D eigenvalue weighted by Gasteiger charge is 2.39. The van der Waals surface area contributed by atoms with Crippen LogP contribution in [0.15, 0.2) is 16.6 Å². The maximum atomic E-state index is 13.9. The monoisotopic (exact) mass is 357 g/mol. The van der Waals surface area contributed by atoms with Gasteiger partial charge in [0.2, 0.25) is 0 Å². The number of rotatable bonds is 3. The van der Waals surface area contributed by atoms with Crippen molar-refractivity contribution in [3.63, 3.8) is 0 Å². The molecule has 0 bridgehead atoms. The van der Waals surface area contributed by atoms with Crippen molar-refractivity contribution in [2.24, 2.45) is 11.1 Å². The standard InChI is InChI=1S/C12H14BrF2NO2.ClH/c1-12(2,11(17)18-3)10(16)8-7(14)5-4-6(13)9(8)15;/h4-5,10H,16H2,1-3H3;1H/t10-;/m1./s1. The summed E-state index contributed by atoms with van der Waals surface area (Å²) in [6.45, 7) is 2.95. The van der Waals surface area contributed by atoms with Crippen LogP contribution >= 0.6 is 28.3 Å². The molecular weight excluding hydrogens is 343 g/mol. The molecule has 1 aromatic carbocycles. The Bertz CT molecular complexity index is 483. The molecule has 1 atom stereocenters. The average Bonchev–Trinajstić information content (AvgIpc) is 2.33. The van der Waals surface area contributed by atoms with Crippen LogP contribution in [0.1, 0.15) is 25.5 Å². The number of nitrogens with two attached hydrogens (primary N) is 1. The van der Waals surface area contributed by atoms with Crippen molar-refractivity contribution >= 4 is 34.3 Å². The van der Waals surface area contributed by atoms with E-state index in [0.29, 0.717) is 0 Å². The highest BCUT2D eigenvalue weighted by atomic mass is 79.9. The SMILES string of the molecule is COC(=O)C(C)(C)[C@H](N)c1c(F)ccc(Br)c1F.Cl. The quantitative estimate of drug-likeness (QED) is 0.666. The van der Waals surface area contributed by atoms with Crippen molar-refractivity contribution in [3.8, 4) is 0 Å². The molecule has 19 heavy (non-hydrogen) atoms. The van der Waals surface area contributed by atoms with E-state index in [-0.39, 0.29) is 22.4 Å². The van der Waals surface area contributed by atoms with E-state index in [4.69, 9.17) is 5.73 Å². The molecule has 0 heterocycles. The first-order valence-corrected chi connectivity index (χ1v) is 6.00. The predicted molar refractivity (Wildman–Crippen MR) is 74.0 cm³/mol. The second-order valence-corrected chi connectivity index (χ2v) is 5.30. The third-order valence-electron chi connectivity index (χ3n) is 2.88. The lowest BCUT2D eigenvalue weighted by Gasteiger charge is -2.29. The van der Waals surface area contributed by atoms with Crippen LogP contribution in [0.3, 0.4) is 0 Å². The lowest BCUT2D eigenvalue weighted by atomic mass is 9.80. The van der Waals surface area contributed by atoms with Gasteiger partial charge in [-0.25, -0.2) is 8.78 Å². The number of hydrogen-bond acceptors (Lipinski definition) is 3. The minimum absolute atomic E-state index is 0. The molecule has 0 unspecified atom stereocenters. The molecule has 0 aliphatic carbocycles. The molecule has 0 aliphatic rings. The van der Waals surface area contributed by atoms with E-state index >= 15 is 0 Å². The van der Waals surface area contributed by atoms with Gasteiger partial charge in [0.15, 0.2) is 0 Å². The lowest BCUT2D eigenvalue weighted by molar-refractivity contribution is -0.152. The van der Waals surface area contributed by atoms with E-state index in [2.05, 4.69) is 20.7 Å². The summed E-state index contributed by atoms with van der Waals surface area (Å²) >= 11 is 2.96. The van der Waals surface area contributed by atoms with Crippen LogP contribution in [-0.2, 0) is 9.53 Å². The van der Waals surface area contributed by atoms with Crippen LogP contribution in [0, 0.1) is 17.0 Å². The van der Waals surface area contributed by atoms with Gasteiger partial charge in [-0.3, -0.25) is 4.79 Å². The van der Waals surface area contributed by atoms with Gasteiger partial charge in [-0.2, -0.15) is 0 Å². The zero-order valence-corrected chi connectivity index (χ0v) is 13.1. The van der Waals surface area contributed by atoms with E-state index in [9.17, 15) is 13.6 Å². The maximum absolute atomic E-state index is 13.9. The van der Waals surface area contributed by atoms with Gasteiger partial charge in [0.1, 0.15) is 11.6 Å². The third kappa shape index (κ3) is 3.43. The molecule has 0 radical (unpaired) electrons. The predicted octanol–water partition coefficient (Wildman–Crippen LogP) is 3.35. The van der Waals surface area contributed by atoms with Crippen molar-refractivity contribution in [1.82, 2.24) is 0 Å². The summed E-state index contributed by atoms with van der Waals surface area (Å²) in [5.41, 5.74) is 4.25. The van der Waals surface area contributed by atoms with Gasteiger partial charge in [-0.05, 0) is 41.9 Å². The minimum atomic E-state index is -1.24. The van der Waals surface area contributed by atoms with E-state index in [0.717, 1.165) is 6.07 Å². The lowest BCUT2D eigenvalue weighted by Crippen LogP contribution is -2.38. The first-order chi connectivity index (χ1) is 8.23. The van der Waals surface area contributed by atoms with Gasteiger partial charge in [-0.1, -0.05) is 0 Å². The number of hydrogen-bond donors (Lipinski definition) is 1. The molecule has 0 spiro atoms. The van der Waals surface area contributed by atoms with Crippen molar-refractivity contribution in [3.05, 3.63) is 33.8 Å². The van der Waals surface area contributed by atoms with Gasteiger partial charge in [-0.15, -0.1) is 12.4 Å². The molecule has 0 aliphatic heterocycles. The van der Waals surface area contributed by atoms with Gasteiger partial charge in [0.05, 0.1) is 23.0 Å². The van der Waals surface area contributed by atoms with Crippen molar-refractivity contribution in [1.29, 1.82) is 0 Å². The molecule has 3 nitrogen and oxygen atoms in total. The second kappa shape index (κ2) is 6.63. The van der Waals surface area contributed by atoms with E-state index < -0.39 is 29.1 Å². The summed E-state index contributed by atoms with van der Waals surface area (Å²) in [6.07, 6.45) is 0. The maximum Gasteiger partial charge on any atom is 0.313 e. The van der Waals surface area contributed by atoms with Crippen LogP contribution in [0.4, 0.5) is 8.78 Å². The average molecular weight is 359 g/mol. The number of ether oxygens (including phenoxy) is 1. The van der Waals surface area contributed by atoms with Crippen LogP contribution in [0.25, 0.3) is 0 Å². The topological polar surface area (TPSA) is 52.3 Å². The van der Waals surface area contributed by atoms with Gasteiger partial charge >= 0.3 is 5.97 Å². The number of halogens is 4. The summed E-state index contributed by atoms with van der Waals surface area (Å²) in [7, 11) is 1.20. The van der Waals surface area contributed by atoms with Crippen LogP contribution in [-0.4, -0.2) is 13.1 Å². The molecule has 0 saturated carbocycles. The molecule has 0 aromatic heterocycles.